The number of benzene rings is 2. The highest BCUT2D eigenvalue weighted by atomic mass is 35.5. The lowest BCUT2D eigenvalue weighted by Crippen LogP contribution is -2.40. The second-order valence-corrected chi connectivity index (χ2v) is 13.0. The van der Waals surface area contributed by atoms with Gasteiger partial charge in [0.2, 0.25) is 0 Å². The van der Waals surface area contributed by atoms with Crippen molar-refractivity contribution in [1.82, 2.24) is 14.9 Å². The highest BCUT2D eigenvalue weighted by Crippen LogP contribution is 2.40. The molecular weight excluding hydrogens is 554 g/mol. The first-order valence-corrected chi connectivity index (χ1v) is 15.5. The van der Waals surface area contributed by atoms with Crippen molar-refractivity contribution in [2.24, 2.45) is 5.73 Å². The molecule has 0 aliphatic carbocycles. The Kier molecular flexibility index (Phi) is 7.51. The predicted molar refractivity (Wildman–Crippen MR) is 160 cm³/mol. The van der Waals surface area contributed by atoms with Gasteiger partial charge in [-0.05, 0) is 42.5 Å². The van der Waals surface area contributed by atoms with Crippen molar-refractivity contribution in [3.63, 3.8) is 0 Å². The van der Waals surface area contributed by atoms with Gasteiger partial charge in [-0.2, -0.15) is 10.6 Å². The summed E-state index contributed by atoms with van der Waals surface area (Å²) in [5.41, 5.74) is 10.7. The number of carbonyl (C=O) groups excluding carboxylic acids is 1. The summed E-state index contributed by atoms with van der Waals surface area (Å²) in [6, 6.07) is 13.3. The summed E-state index contributed by atoms with van der Waals surface area (Å²) in [7, 11) is -2.41. The molecule has 212 valence electrons. The number of hydrogen-bond acceptors (Lipinski definition) is 8. The van der Waals surface area contributed by atoms with E-state index in [2.05, 4.69) is 26.9 Å². The zero-order valence-corrected chi connectivity index (χ0v) is 23.5. The smallest absolute Gasteiger partial charge is 0.250 e. The average molecular weight is 586 g/mol. The number of primary amides is 1. The van der Waals surface area contributed by atoms with Crippen LogP contribution in [0.5, 0.6) is 5.75 Å². The van der Waals surface area contributed by atoms with Crippen LogP contribution in [0.25, 0.3) is 33.2 Å². The molecule has 0 atom stereocenters. The highest BCUT2D eigenvalue weighted by Gasteiger charge is 2.22. The van der Waals surface area contributed by atoms with Crippen molar-refractivity contribution in [2.75, 3.05) is 69.0 Å². The standard InChI is InChI=1S/C28H32ClN5O5S/c29-22-15-18(1-4-25(22)39-12-5-33-8-13-40(36,37)14-9-33)23-17-21(28(30)35)27-26(31-23)20-3-2-19(16-24(20)32-27)34-6-10-38-11-7-34/h1-4,15-17,32,36-37H,5-14H2,(H2,30,35). The first kappa shape index (κ1) is 27.1. The number of pyridine rings is 1. The van der Waals surface area contributed by atoms with Crippen LogP contribution in [0.2, 0.25) is 5.02 Å². The van der Waals surface area contributed by atoms with Crippen molar-refractivity contribution < 1.29 is 23.4 Å². The van der Waals surface area contributed by atoms with E-state index in [1.54, 1.807) is 18.2 Å². The first-order chi connectivity index (χ1) is 19.3. The van der Waals surface area contributed by atoms with Gasteiger partial charge < -0.3 is 25.1 Å². The van der Waals surface area contributed by atoms with E-state index in [1.165, 1.54) is 0 Å². The topological polar surface area (TPSA) is 137 Å². The maximum absolute atomic E-state index is 12.5. The summed E-state index contributed by atoms with van der Waals surface area (Å²) in [5, 5.41) is 1.34. The van der Waals surface area contributed by atoms with Crippen molar-refractivity contribution in [2.45, 2.75) is 0 Å². The first-order valence-electron chi connectivity index (χ1n) is 13.2. The van der Waals surface area contributed by atoms with Gasteiger partial charge in [-0.25, -0.2) is 4.98 Å². The molecule has 2 aromatic heterocycles. The number of H-pyrrole nitrogens is 1. The molecule has 10 nitrogen and oxygen atoms in total. The number of ether oxygens (including phenoxy) is 2. The van der Waals surface area contributed by atoms with Crippen LogP contribution in [-0.2, 0) is 4.74 Å². The molecular formula is C28H32ClN5O5S. The molecule has 40 heavy (non-hydrogen) atoms. The number of anilines is 1. The molecule has 0 radical (unpaired) electrons. The van der Waals surface area contributed by atoms with E-state index in [0.29, 0.717) is 84.0 Å². The minimum atomic E-state index is -2.41. The summed E-state index contributed by atoms with van der Waals surface area (Å²) < 4.78 is 31.0. The molecule has 2 aromatic carbocycles. The minimum Gasteiger partial charge on any atom is -0.491 e. The fourth-order valence-corrected chi connectivity index (χ4v) is 6.79. The third-order valence-corrected chi connectivity index (χ3v) is 9.51. The number of rotatable bonds is 7. The Bertz CT molecular complexity index is 1560. The Labute approximate surface area is 238 Å². The summed E-state index contributed by atoms with van der Waals surface area (Å²) >= 11 is 6.58. The van der Waals surface area contributed by atoms with E-state index in [1.807, 2.05) is 12.1 Å². The fourth-order valence-electron chi connectivity index (χ4n) is 5.25. The molecule has 0 spiro atoms. The number of nitrogens with two attached hydrogens (primary N) is 1. The van der Waals surface area contributed by atoms with Gasteiger partial charge in [0.25, 0.3) is 5.91 Å². The van der Waals surface area contributed by atoms with Crippen molar-refractivity contribution in [3.05, 3.63) is 53.1 Å². The van der Waals surface area contributed by atoms with Gasteiger partial charge in [0.1, 0.15) is 12.4 Å². The lowest BCUT2D eigenvalue weighted by atomic mass is 10.1. The quantitative estimate of drug-likeness (QED) is 0.250. The number of hydrogen-bond donors (Lipinski definition) is 4. The number of nitrogens with one attached hydrogen (secondary N) is 1. The van der Waals surface area contributed by atoms with E-state index in [-0.39, 0.29) is 0 Å². The summed E-state index contributed by atoms with van der Waals surface area (Å²) in [4.78, 5) is 25.2. The normalized spacial score (nSPS) is 18.7. The summed E-state index contributed by atoms with van der Waals surface area (Å²) in [5.74, 6) is 0.807. The SMILES string of the molecule is NC(=O)c1cc(-c2ccc(OCCN3CCS(O)(O)CC3)c(Cl)c2)nc2c1[nH]c1cc(N3CCOCC3)ccc12. The van der Waals surface area contributed by atoms with E-state index in [4.69, 9.17) is 31.8 Å². The van der Waals surface area contributed by atoms with Gasteiger partial charge in [-0.3, -0.25) is 18.8 Å². The predicted octanol–water partition coefficient (Wildman–Crippen LogP) is 4.42. The number of morpholine rings is 1. The van der Waals surface area contributed by atoms with Crippen molar-refractivity contribution >= 4 is 55.7 Å². The van der Waals surface area contributed by atoms with Crippen molar-refractivity contribution in [1.29, 1.82) is 0 Å². The van der Waals surface area contributed by atoms with Gasteiger partial charge in [-0.15, -0.1) is 0 Å². The Morgan fingerprint density at radius 3 is 2.60 bits per heavy atom. The van der Waals surface area contributed by atoms with Crippen molar-refractivity contribution in [3.8, 4) is 17.0 Å². The van der Waals surface area contributed by atoms with E-state index in [9.17, 15) is 13.9 Å². The van der Waals surface area contributed by atoms with Crippen LogP contribution in [0.1, 0.15) is 10.4 Å². The molecule has 0 bridgehead atoms. The van der Waals surface area contributed by atoms with Gasteiger partial charge >= 0.3 is 0 Å². The Balaban J connectivity index is 1.25. The van der Waals surface area contributed by atoms with Gasteiger partial charge in [0.05, 0.1) is 57.5 Å². The van der Waals surface area contributed by atoms with Crippen LogP contribution in [0, 0.1) is 0 Å². The minimum absolute atomic E-state index is 0.360. The average Bonchev–Trinajstić information content (AvgIpc) is 3.32. The molecule has 2 aliphatic heterocycles. The second-order valence-electron chi connectivity index (χ2n) is 10.1. The molecule has 2 aliphatic rings. The number of carbonyl (C=O) groups is 1. The van der Waals surface area contributed by atoms with Crippen LogP contribution < -0.4 is 15.4 Å². The molecule has 6 rings (SSSR count). The Morgan fingerprint density at radius 2 is 1.88 bits per heavy atom. The number of aromatic amines is 1. The maximum Gasteiger partial charge on any atom is 0.250 e. The Morgan fingerprint density at radius 1 is 1.10 bits per heavy atom. The molecule has 4 heterocycles. The largest absolute Gasteiger partial charge is 0.491 e. The van der Waals surface area contributed by atoms with Crippen LogP contribution in [0.4, 0.5) is 5.69 Å². The highest BCUT2D eigenvalue weighted by molar-refractivity contribution is 8.24. The van der Waals surface area contributed by atoms with Gasteiger partial charge in [0, 0.05) is 49.4 Å². The lowest BCUT2D eigenvalue weighted by Gasteiger charge is -2.40. The van der Waals surface area contributed by atoms with E-state index < -0.39 is 16.5 Å². The molecule has 2 fully saturated rings. The summed E-state index contributed by atoms with van der Waals surface area (Å²) in [6.07, 6.45) is 0. The molecule has 4 aromatic rings. The molecule has 2 saturated heterocycles. The number of amides is 1. The molecule has 1 amide bonds. The van der Waals surface area contributed by atoms with Crippen LogP contribution in [0.3, 0.4) is 0 Å². The number of aromatic nitrogens is 2. The summed E-state index contributed by atoms with van der Waals surface area (Å²) in [6.45, 7) is 5.42. The third-order valence-electron chi connectivity index (χ3n) is 7.54. The maximum atomic E-state index is 12.5. The molecule has 5 N–H and O–H groups in total. The van der Waals surface area contributed by atoms with E-state index in [0.717, 1.165) is 35.2 Å². The zero-order valence-electron chi connectivity index (χ0n) is 21.9. The van der Waals surface area contributed by atoms with Gasteiger partial charge in [-0.1, -0.05) is 11.6 Å². The number of nitrogens with zero attached hydrogens (tertiary/aromatic N) is 3. The second kappa shape index (κ2) is 11.1. The van der Waals surface area contributed by atoms with Crippen LogP contribution in [-0.4, -0.2) is 93.9 Å². The Hall–Kier alpha value is -3.06. The number of halogens is 1. The third kappa shape index (κ3) is 5.58. The van der Waals surface area contributed by atoms with E-state index >= 15 is 0 Å². The van der Waals surface area contributed by atoms with Gasteiger partial charge in [0.15, 0.2) is 0 Å². The van der Waals surface area contributed by atoms with Crippen LogP contribution in [0.15, 0.2) is 42.5 Å². The molecule has 0 unspecified atom stereocenters. The molecule has 12 heteroatoms. The lowest BCUT2D eigenvalue weighted by molar-refractivity contribution is 0.100. The van der Waals surface area contributed by atoms with Crippen LogP contribution >= 0.6 is 22.2 Å². The number of fused-ring (bicyclic) bond motifs is 3. The fraction of sp³-hybridized carbons (Fsp3) is 0.357. The monoisotopic (exact) mass is 585 g/mol. The molecule has 0 saturated carbocycles. The zero-order chi connectivity index (χ0) is 27.9.